The molecule has 0 spiro atoms. The quantitative estimate of drug-likeness (QED) is 0.731. The summed E-state index contributed by atoms with van der Waals surface area (Å²) in [6, 6.07) is 5.67. The summed E-state index contributed by atoms with van der Waals surface area (Å²) in [7, 11) is 0. The van der Waals surface area contributed by atoms with Gasteiger partial charge in [-0.25, -0.2) is 4.98 Å². The maximum Gasteiger partial charge on any atom is 0.115 e. The minimum Gasteiger partial charge on any atom is -0.380 e. The summed E-state index contributed by atoms with van der Waals surface area (Å²) in [6.07, 6.45) is 1.82. The van der Waals surface area contributed by atoms with Crippen molar-refractivity contribution in [3.63, 3.8) is 0 Å². The number of aromatic nitrogens is 3. The van der Waals surface area contributed by atoms with Crippen molar-refractivity contribution in [3.05, 3.63) is 35.2 Å². The van der Waals surface area contributed by atoms with Gasteiger partial charge in [-0.1, -0.05) is 11.6 Å². The highest BCUT2D eigenvalue weighted by Gasteiger charge is 2.24. The lowest BCUT2D eigenvalue weighted by atomic mass is 10.1. The highest BCUT2D eigenvalue weighted by molar-refractivity contribution is 6.31. The van der Waals surface area contributed by atoms with Crippen LogP contribution in [0.15, 0.2) is 24.4 Å². The Kier molecular flexibility index (Phi) is 2.10. The zero-order chi connectivity index (χ0) is 12.1. The van der Waals surface area contributed by atoms with Gasteiger partial charge in [0.1, 0.15) is 5.82 Å². The third-order valence-electron chi connectivity index (χ3n) is 3.32. The molecule has 90 valence electrons. The highest BCUT2D eigenvalue weighted by atomic mass is 35.5. The van der Waals surface area contributed by atoms with Crippen molar-refractivity contribution in [1.29, 1.82) is 0 Å². The molecule has 1 saturated heterocycles. The molecule has 1 aromatic carbocycles. The van der Waals surface area contributed by atoms with Crippen molar-refractivity contribution in [2.75, 3.05) is 13.2 Å². The van der Waals surface area contributed by atoms with E-state index in [0.29, 0.717) is 10.9 Å². The molecule has 0 unspecified atom stereocenters. The second kappa shape index (κ2) is 3.67. The molecule has 0 saturated carbocycles. The third-order valence-corrected chi connectivity index (χ3v) is 3.56. The first-order valence-electron chi connectivity index (χ1n) is 5.83. The SMILES string of the molecule is Clc1ccc2ncc3[nH]c(C4COC4)nc3c2c1. The molecule has 5 heteroatoms. The molecule has 3 aromatic rings. The van der Waals surface area contributed by atoms with Crippen molar-refractivity contribution in [2.45, 2.75) is 5.92 Å². The fraction of sp³-hybridized carbons (Fsp3) is 0.231. The fourth-order valence-corrected chi connectivity index (χ4v) is 2.41. The Morgan fingerprint density at radius 1 is 1.33 bits per heavy atom. The number of pyridine rings is 1. The van der Waals surface area contributed by atoms with Crippen molar-refractivity contribution in [3.8, 4) is 0 Å². The normalized spacial score (nSPS) is 16.3. The summed E-state index contributed by atoms with van der Waals surface area (Å²) in [4.78, 5) is 12.4. The van der Waals surface area contributed by atoms with E-state index < -0.39 is 0 Å². The van der Waals surface area contributed by atoms with Gasteiger partial charge in [0.15, 0.2) is 0 Å². The summed E-state index contributed by atoms with van der Waals surface area (Å²) in [6.45, 7) is 1.48. The largest absolute Gasteiger partial charge is 0.380 e. The summed E-state index contributed by atoms with van der Waals surface area (Å²) in [5, 5.41) is 1.69. The molecule has 0 amide bonds. The lowest BCUT2D eigenvalue weighted by Gasteiger charge is -2.23. The van der Waals surface area contributed by atoms with Crippen LogP contribution < -0.4 is 0 Å². The number of rotatable bonds is 1. The third kappa shape index (κ3) is 1.43. The number of imidazole rings is 1. The van der Waals surface area contributed by atoms with Gasteiger partial charge in [0.05, 0.1) is 41.9 Å². The minimum absolute atomic E-state index is 0.381. The topological polar surface area (TPSA) is 50.8 Å². The monoisotopic (exact) mass is 259 g/mol. The molecule has 0 aliphatic carbocycles. The van der Waals surface area contributed by atoms with E-state index in [4.69, 9.17) is 16.3 Å². The Morgan fingerprint density at radius 2 is 2.22 bits per heavy atom. The summed E-state index contributed by atoms with van der Waals surface area (Å²) in [5.74, 6) is 1.36. The lowest BCUT2D eigenvalue weighted by molar-refractivity contribution is 0.00531. The summed E-state index contributed by atoms with van der Waals surface area (Å²) < 4.78 is 5.20. The fourth-order valence-electron chi connectivity index (χ4n) is 2.24. The number of benzene rings is 1. The van der Waals surface area contributed by atoms with Crippen LogP contribution in [0.25, 0.3) is 21.9 Å². The van der Waals surface area contributed by atoms with Crippen LogP contribution in [0, 0.1) is 0 Å². The molecule has 1 aliphatic heterocycles. The van der Waals surface area contributed by atoms with Crippen molar-refractivity contribution in [2.24, 2.45) is 0 Å². The molecular weight excluding hydrogens is 250 g/mol. The minimum atomic E-state index is 0.381. The van der Waals surface area contributed by atoms with Crippen molar-refractivity contribution >= 4 is 33.5 Å². The number of hydrogen-bond acceptors (Lipinski definition) is 3. The zero-order valence-corrected chi connectivity index (χ0v) is 10.2. The van der Waals surface area contributed by atoms with E-state index in [-0.39, 0.29) is 0 Å². The van der Waals surface area contributed by atoms with Gasteiger partial charge < -0.3 is 9.72 Å². The maximum absolute atomic E-state index is 6.04. The first-order chi connectivity index (χ1) is 8.81. The first kappa shape index (κ1) is 10.3. The van der Waals surface area contributed by atoms with Crippen LogP contribution in [0.4, 0.5) is 0 Å². The molecular formula is C13H10ClN3O. The van der Waals surface area contributed by atoms with Gasteiger partial charge in [-0.3, -0.25) is 4.98 Å². The van der Waals surface area contributed by atoms with E-state index in [1.807, 2.05) is 24.4 Å². The molecule has 18 heavy (non-hydrogen) atoms. The Balaban J connectivity index is 2.01. The van der Waals surface area contributed by atoms with Crippen molar-refractivity contribution in [1.82, 2.24) is 15.0 Å². The average Bonchev–Trinajstić information content (AvgIpc) is 2.70. The Morgan fingerprint density at radius 3 is 3.00 bits per heavy atom. The van der Waals surface area contributed by atoms with Crippen LogP contribution in [0.1, 0.15) is 11.7 Å². The number of hydrogen-bond donors (Lipinski definition) is 1. The summed E-state index contributed by atoms with van der Waals surface area (Å²) in [5.41, 5.74) is 2.80. The molecule has 4 nitrogen and oxygen atoms in total. The van der Waals surface area contributed by atoms with E-state index in [1.165, 1.54) is 0 Å². The second-order valence-corrected chi connectivity index (χ2v) is 4.97. The summed E-state index contributed by atoms with van der Waals surface area (Å²) >= 11 is 6.04. The van der Waals surface area contributed by atoms with E-state index in [9.17, 15) is 0 Å². The molecule has 1 N–H and O–H groups in total. The van der Waals surface area contributed by atoms with E-state index >= 15 is 0 Å². The molecule has 1 aliphatic rings. The number of aromatic amines is 1. The smallest absolute Gasteiger partial charge is 0.115 e. The molecule has 3 heterocycles. The van der Waals surface area contributed by atoms with Gasteiger partial charge in [0.25, 0.3) is 0 Å². The van der Waals surface area contributed by atoms with Crippen LogP contribution in [-0.4, -0.2) is 28.2 Å². The predicted octanol–water partition coefficient (Wildman–Crippen LogP) is 2.88. The number of nitrogens with one attached hydrogen (secondary N) is 1. The highest BCUT2D eigenvalue weighted by Crippen LogP contribution is 2.28. The van der Waals surface area contributed by atoms with Crippen LogP contribution in [-0.2, 0) is 4.74 Å². The van der Waals surface area contributed by atoms with Crippen LogP contribution in [0.2, 0.25) is 5.02 Å². The number of nitrogens with zero attached hydrogens (tertiary/aromatic N) is 2. The van der Waals surface area contributed by atoms with E-state index in [0.717, 1.165) is 41.0 Å². The number of halogens is 1. The first-order valence-corrected chi connectivity index (χ1v) is 6.21. The predicted molar refractivity (Wildman–Crippen MR) is 70.0 cm³/mol. The molecule has 1 fully saturated rings. The van der Waals surface area contributed by atoms with Crippen LogP contribution in [0.5, 0.6) is 0 Å². The van der Waals surface area contributed by atoms with Gasteiger partial charge in [0.2, 0.25) is 0 Å². The van der Waals surface area contributed by atoms with Gasteiger partial charge in [-0.05, 0) is 18.2 Å². The molecule has 0 atom stereocenters. The van der Waals surface area contributed by atoms with Gasteiger partial charge >= 0.3 is 0 Å². The second-order valence-electron chi connectivity index (χ2n) is 4.54. The van der Waals surface area contributed by atoms with E-state index in [2.05, 4.69) is 15.0 Å². The molecule has 0 radical (unpaired) electrons. The van der Waals surface area contributed by atoms with Gasteiger partial charge in [0, 0.05) is 10.4 Å². The van der Waals surface area contributed by atoms with Crippen LogP contribution >= 0.6 is 11.6 Å². The Bertz CT molecular complexity index is 748. The number of fused-ring (bicyclic) bond motifs is 3. The zero-order valence-electron chi connectivity index (χ0n) is 9.48. The van der Waals surface area contributed by atoms with Gasteiger partial charge in [-0.15, -0.1) is 0 Å². The molecule has 4 rings (SSSR count). The lowest BCUT2D eigenvalue weighted by Crippen LogP contribution is -2.26. The van der Waals surface area contributed by atoms with E-state index in [1.54, 1.807) is 0 Å². The van der Waals surface area contributed by atoms with Crippen LogP contribution in [0.3, 0.4) is 0 Å². The Labute approximate surface area is 108 Å². The molecule has 0 bridgehead atoms. The van der Waals surface area contributed by atoms with Crippen molar-refractivity contribution < 1.29 is 4.74 Å². The Hall–Kier alpha value is -1.65. The maximum atomic E-state index is 6.04. The number of H-pyrrole nitrogens is 1. The molecule has 2 aromatic heterocycles. The number of ether oxygens (including phenoxy) is 1. The standard InChI is InChI=1S/C13H10ClN3O/c14-8-1-2-10-9(3-8)12-11(4-15-10)16-13(17-12)7-5-18-6-7/h1-4,7H,5-6H2,(H,16,17). The van der Waals surface area contributed by atoms with Gasteiger partial charge in [-0.2, -0.15) is 0 Å². The average molecular weight is 260 g/mol.